The molecule has 5 nitrogen and oxygen atoms in total. The van der Waals surface area contributed by atoms with Crippen molar-refractivity contribution in [2.75, 3.05) is 7.11 Å². The van der Waals surface area contributed by atoms with Crippen LogP contribution in [0.4, 0.5) is 5.69 Å². The van der Waals surface area contributed by atoms with E-state index in [2.05, 4.69) is 10.3 Å². The molecule has 0 bridgehead atoms. The Morgan fingerprint density at radius 1 is 1.19 bits per heavy atom. The number of benzene rings is 2. The molecule has 7 heteroatoms. The molecule has 3 rings (SSSR count). The first-order valence-electron chi connectivity index (χ1n) is 8.34. The quantitative estimate of drug-likeness (QED) is 0.713. The molecule has 1 heterocycles. The van der Waals surface area contributed by atoms with Gasteiger partial charge in [-0.3, -0.25) is 4.79 Å². The molecule has 140 valence electrons. The lowest BCUT2D eigenvalue weighted by molar-refractivity contribution is -0.115. The van der Waals surface area contributed by atoms with Gasteiger partial charge in [-0.2, -0.15) is 0 Å². The minimum Gasteiger partial charge on any atom is -0.494 e. The number of rotatable bonds is 5. The summed E-state index contributed by atoms with van der Waals surface area (Å²) in [4.78, 5) is 17.3. The maximum absolute atomic E-state index is 12.3. The molecule has 1 N–H and O–H groups in total. The zero-order chi connectivity index (χ0) is 19.4. The van der Waals surface area contributed by atoms with Crippen LogP contribution < -0.4 is 14.8 Å². The van der Waals surface area contributed by atoms with Gasteiger partial charge in [0.15, 0.2) is 5.17 Å². The maximum atomic E-state index is 12.3. The second kappa shape index (κ2) is 8.50. The van der Waals surface area contributed by atoms with Crippen molar-refractivity contribution < 1.29 is 14.3 Å². The highest BCUT2D eigenvalue weighted by Gasteiger charge is 2.24. The molecule has 1 aliphatic rings. The van der Waals surface area contributed by atoms with Crippen LogP contribution in [0.2, 0.25) is 5.02 Å². The van der Waals surface area contributed by atoms with Gasteiger partial charge in [0.05, 0.1) is 18.1 Å². The number of amidine groups is 1. The van der Waals surface area contributed by atoms with E-state index in [0.717, 1.165) is 11.3 Å². The number of ether oxygens (including phenoxy) is 2. The van der Waals surface area contributed by atoms with Crippen LogP contribution in [0, 0.1) is 0 Å². The topological polar surface area (TPSA) is 59.9 Å². The van der Waals surface area contributed by atoms with Gasteiger partial charge in [0, 0.05) is 5.02 Å². The highest BCUT2D eigenvalue weighted by Crippen LogP contribution is 2.34. The Morgan fingerprint density at radius 3 is 2.59 bits per heavy atom. The number of nitrogens with zero attached hydrogens (tertiary/aromatic N) is 1. The molecule has 2 aromatic carbocycles. The first-order valence-corrected chi connectivity index (χ1v) is 9.54. The number of amides is 1. The zero-order valence-electron chi connectivity index (χ0n) is 15.2. The van der Waals surface area contributed by atoms with Crippen LogP contribution in [0.5, 0.6) is 11.5 Å². The molecule has 1 fully saturated rings. The minimum absolute atomic E-state index is 0.118. The number of carbonyl (C=O) groups is 1. The van der Waals surface area contributed by atoms with Crippen molar-refractivity contribution in [1.29, 1.82) is 0 Å². The first kappa shape index (κ1) is 19.3. The molecule has 0 unspecified atom stereocenters. The second-order valence-corrected chi connectivity index (χ2v) is 7.50. The Hall–Kier alpha value is -2.44. The third kappa shape index (κ3) is 5.05. The average Bonchev–Trinajstić information content (AvgIpc) is 2.95. The normalized spacial score (nSPS) is 16.9. The van der Waals surface area contributed by atoms with Crippen LogP contribution in [0.1, 0.15) is 19.4 Å². The van der Waals surface area contributed by atoms with Crippen LogP contribution in [0.3, 0.4) is 0 Å². The number of hydrogen-bond donors (Lipinski definition) is 1. The maximum Gasteiger partial charge on any atom is 0.264 e. The smallest absolute Gasteiger partial charge is 0.264 e. The van der Waals surface area contributed by atoms with E-state index in [-0.39, 0.29) is 12.0 Å². The van der Waals surface area contributed by atoms with E-state index in [0.29, 0.717) is 26.5 Å². The summed E-state index contributed by atoms with van der Waals surface area (Å²) in [5, 5.41) is 3.79. The minimum atomic E-state index is -0.192. The SMILES string of the molecule is COc1ccc(Cl)cc1N=C1NC(=O)/C(=C/c2ccc(OC(C)C)cc2)S1. The van der Waals surface area contributed by atoms with Crippen LogP contribution in [0.25, 0.3) is 6.08 Å². The predicted octanol–water partition coefficient (Wildman–Crippen LogP) is 5.03. The summed E-state index contributed by atoms with van der Waals surface area (Å²) in [5.41, 5.74) is 1.47. The molecule has 1 aliphatic heterocycles. The third-order valence-electron chi connectivity index (χ3n) is 3.56. The fraction of sp³-hybridized carbons (Fsp3) is 0.200. The number of hydrogen-bond acceptors (Lipinski definition) is 5. The van der Waals surface area contributed by atoms with Gasteiger partial charge in [-0.05, 0) is 67.6 Å². The molecule has 0 atom stereocenters. The standard InChI is InChI=1S/C20H19ClN2O3S/c1-12(2)26-15-7-4-13(5-8-15)10-18-19(24)23-20(27-18)22-16-11-14(21)6-9-17(16)25-3/h4-12H,1-3H3,(H,22,23,24)/b18-10-. The number of carbonyl (C=O) groups excluding carboxylic acids is 1. The lowest BCUT2D eigenvalue weighted by Gasteiger charge is -2.09. The van der Waals surface area contributed by atoms with E-state index < -0.39 is 0 Å². The highest BCUT2D eigenvalue weighted by molar-refractivity contribution is 8.18. The van der Waals surface area contributed by atoms with E-state index in [9.17, 15) is 4.79 Å². The van der Waals surface area contributed by atoms with Gasteiger partial charge in [0.25, 0.3) is 5.91 Å². The lowest BCUT2D eigenvalue weighted by Crippen LogP contribution is -2.19. The van der Waals surface area contributed by atoms with Crippen LogP contribution >= 0.6 is 23.4 Å². The van der Waals surface area contributed by atoms with E-state index in [1.807, 2.05) is 44.2 Å². The van der Waals surface area contributed by atoms with Gasteiger partial charge in [0.1, 0.15) is 17.2 Å². The molecular formula is C20H19ClN2O3S. The predicted molar refractivity (Wildman–Crippen MR) is 111 cm³/mol. The fourth-order valence-electron chi connectivity index (χ4n) is 2.41. The summed E-state index contributed by atoms with van der Waals surface area (Å²) in [6.45, 7) is 3.95. The van der Waals surface area contributed by atoms with Crippen molar-refractivity contribution in [2.24, 2.45) is 4.99 Å². The largest absolute Gasteiger partial charge is 0.494 e. The number of halogens is 1. The first-order chi connectivity index (χ1) is 12.9. The molecule has 1 amide bonds. The van der Waals surface area contributed by atoms with Crippen LogP contribution in [0.15, 0.2) is 52.4 Å². The van der Waals surface area contributed by atoms with Gasteiger partial charge in [-0.25, -0.2) is 4.99 Å². The van der Waals surface area contributed by atoms with Crippen molar-refractivity contribution in [1.82, 2.24) is 5.32 Å². The molecule has 2 aromatic rings. The zero-order valence-corrected chi connectivity index (χ0v) is 16.7. The van der Waals surface area contributed by atoms with Crippen LogP contribution in [-0.2, 0) is 4.79 Å². The summed E-state index contributed by atoms with van der Waals surface area (Å²) in [7, 11) is 1.56. The number of methoxy groups -OCH3 is 1. The third-order valence-corrected chi connectivity index (χ3v) is 4.71. The molecule has 27 heavy (non-hydrogen) atoms. The Bertz CT molecular complexity index is 908. The molecule has 0 aliphatic carbocycles. The van der Waals surface area contributed by atoms with E-state index >= 15 is 0 Å². The number of nitrogens with one attached hydrogen (secondary N) is 1. The van der Waals surface area contributed by atoms with Crippen molar-refractivity contribution in [2.45, 2.75) is 20.0 Å². The number of thioether (sulfide) groups is 1. The van der Waals surface area contributed by atoms with Gasteiger partial charge in [0.2, 0.25) is 0 Å². The lowest BCUT2D eigenvalue weighted by atomic mass is 10.2. The van der Waals surface area contributed by atoms with Crippen molar-refractivity contribution in [3.05, 3.63) is 58.0 Å². The average molecular weight is 403 g/mol. The summed E-state index contributed by atoms with van der Waals surface area (Å²) in [5.74, 6) is 1.19. The summed E-state index contributed by atoms with van der Waals surface area (Å²) < 4.78 is 10.9. The van der Waals surface area contributed by atoms with E-state index in [4.69, 9.17) is 21.1 Å². The Balaban J connectivity index is 1.79. The van der Waals surface area contributed by atoms with Crippen molar-refractivity contribution in [3.8, 4) is 11.5 Å². The Labute approximate surface area is 167 Å². The van der Waals surface area contributed by atoms with Crippen molar-refractivity contribution >= 4 is 46.2 Å². The highest BCUT2D eigenvalue weighted by atomic mass is 35.5. The van der Waals surface area contributed by atoms with Gasteiger partial charge >= 0.3 is 0 Å². The summed E-state index contributed by atoms with van der Waals surface area (Å²) in [6.07, 6.45) is 1.93. The second-order valence-electron chi connectivity index (χ2n) is 6.03. The molecule has 0 saturated carbocycles. The summed E-state index contributed by atoms with van der Waals surface area (Å²) >= 11 is 7.30. The number of aliphatic imine (C=N–C) groups is 1. The van der Waals surface area contributed by atoms with E-state index in [1.54, 1.807) is 25.3 Å². The molecule has 0 aromatic heterocycles. The Kier molecular flexibility index (Phi) is 6.08. The van der Waals surface area contributed by atoms with E-state index in [1.165, 1.54) is 11.8 Å². The fourth-order valence-corrected chi connectivity index (χ4v) is 3.41. The molecule has 1 saturated heterocycles. The van der Waals surface area contributed by atoms with Crippen molar-refractivity contribution in [3.63, 3.8) is 0 Å². The molecular weight excluding hydrogens is 384 g/mol. The molecule has 0 radical (unpaired) electrons. The van der Waals surface area contributed by atoms with Gasteiger partial charge in [-0.1, -0.05) is 23.7 Å². The Morgan fingerprint density at radius 2 is 1.93 bits per heavy atom. The summed E-state index contributed by atoms with van der Waals surface area (Å²) in [6, 6.07) is 12.7. The van der Waals surface area contributed by atoms with Gasteiger partial charge in [-0.15, -0.1) is 0 Å². The van der Waals surface area contributed by atoms with Gasteiger partial charge < -0.3 is 14.8 Å². The molecule has 0 spiro atoms. The van der Waals surface area contributed by atoms with Crippen LogP contribution in [-0.4, -0.2) is 24.3 Å². The monoisotopic (exact) mass is 402 g/mol.